The molecule has 21 heavy (non-hydrogen) atoms. The van der Waals surface area contributed by atoms with Gasteiger partial charge >= 0.3 is 5.97 Å². The second kappa shape index (κ2) is 6.51. The molecular formula is C14H20N4O3. The molecule has 7 nitrogen and oxygen atoms in total. The average Bonchev–Trinajstić information content (AvgIpc) is 2.47. The fraction of sp³-hybridized carbons (Fsp3) is 0.571. The van der Waals surface area contributed by atoms with Gasteiger partial charge in [0, 0.05) is 25.5 Å². The Bertz CT molecular complexity index is 527. The highest BCUT2D eigenvalue weighted by molar-refractivity contribution is 5.94. The van der Waals surface area contributed by atoms with Gasteiger partial charge in [-0.15, -0.1) is 0 Å². The molecule has 1 aromatic heterocycles. The predicted molar refractivity (Wildman–Crippen MR) is 76.3 cm³/mol. The van der Waals surface area contributed by atoms with Crippen molar-refractivity contribution >= 4 is 17.7 Å². The minimum Gasteiger partial charge on any atom is -0.448 e. The lowest BCUT2D eigenvalue weighted by Gasteiger charge is -2.31. The van der Waals surface area contributed by atoms with Crippen LogP contribution in [0.4, 0.5) is 5.82 Å². The Kier molecular flexibility index (Phi) is 4.72. The zero-order valence-corrected chi connectivity index (χ0v) is 12.3. The Balaban J connectivity index is 1.95. The fourth-order valence-corrected chi connectivity index (χ4v) is 2.26. The van der Waals surface area contributed by atoms with Crippen LogP contribution in [0, 0.1) is 5.92 Å². The number of piperidine rings is 1. The van der Waals surface area contributed by atoms with Crippen LogP contribution in [0.3, 0.4) is 0 Å². The van der Waals surface area contributed by atoms with Crippen molar-refractivity contribution in [3.8, 4) is 0 Å². The van der Waals surface area contributed by atoms with E-state index in [4.69, 9.17) is 10.5 Å². The van der Waals surface area contributed by atoms with Gasteiger partial charge in [-0.05, 0) is 25.7 Å². The standard InChI is InChI=1S/C14H20N4O3/c1-9-3-7-18(8-4-9)13(19)10(2)21-14(20)11-12(15)17-6-5-16-11/h5-6,9-10H,3-4,7-8H2,1-2H3,(H2,15,17)/t10-/m1/s1. The van der Waals surface area contributed by atoms with Gasteiger partial charge in [0.05, 0.1) is 0 Å². The fourth-order valence-electron chi connectivity index (χ4n) is 2.26. The molecule has 1 aliphatic heterocycles. The van der Waals surface area contributed by atoms with Crippen LogP contribution in [0.1, 0.15) is 37.2 Å². The van der Waals surface area contributed by atoms with E-state index < -0.39 is 12.1 Å². The molecule has 2 heterocycles. The second-order valence-electron chi connectivity index (χ2n) is 5.35. The number of nitrogens with two attached hydrogens (primary N) is 1. The lowest BCUT2D eigenvalue weighted by Crippen LogP contribution is -2.44. The third-order valence-electron chi connectivity index (χ3n) is 3.65. The maximum absolute atomic E-state index is 12.2. The summed E-state index contributed by atoms with van der Waals surface area (Å²) >= 11 is 0. The molecule has 1 fully saturated rings. The summed E-state index contributed by atoms with van der Waals surface area (Å²) in [5.41, 5.74) is 5.50. The van der Waals surface area contributed by atoms with E-state index in [1.54, 1.807) is 11.8 Å². The molecular weight excluding hydrogens is 272 g/mol. The van der Waals surface area contributed by atoms with Gasteiger partial charge in [0.15, 0.2) is 17.6 Å². The van der Waals surface area contributed by atoms with Gasteiger partial charge in [-0.1, -0.05) is 6.92 Å². The van der Waals surface area contributed by atoms with E-state index in [1.165, 1.54) is 12.4 Å². The van der Waals surface area contributed by atoms with Crippen LogP contribution >= 0.6 is 0 Å². The maximum atomic E-state index is 12.2. The van der Waals surface area contributed by atoms with Gasteiger partial charge in [-0.25, -0.2) is 14.8 Å². The van der Waals surface area contributed by atoms with Crippen molar-refractivity contribution in [1.29, 1.82) is 0 Å². The Morgan fingerprint density at radius 1 is 1.33 bits per heavy atom. The minimum atomic E-state index is -0.854. The van der Waals surface area contributed by atoms with Crippen LogP contribution in [0.5, 0.6) is 0 Å². The van der Waals surface area contributed by atoms with Crippen LogP contribution in [-0.2, 0) is 9.53 Å². The molecule has 1 aliphatic rings. The molecule has 1 atom stereocenters. The molecule has 7 heteroatoms. The van der Waals surface area contributed by atoms with Crippen LogP contribution in [0.25, 0.3) is 0 Å². The number of likely N-dealkylation sites (tertiary alicyclic amines) is 1. The van der Waals surface area contributed by atoms with E-state index in [0.29, 0.717) is 19.0 Å². The number of aromatic nitrogens is 2. The number of nitrogen functional groups attached to an aromatic ring is 1. The molecule has 1 aromatic rings. The highest BCUT2D eigenvalue weighted by Gasteiger charge is 2.28. The number of hydrogen-bond donors (Lipinski definition) is 1. The molecule has 0 unspecified atom stereocenters. The van der Waals surface area contributed by atoms with Crippen LogP contribution in [0.2, 0.25) is 0 Å². The molecule has 1 saturated heterocycles. The number of nitrogens with zero attached hydrogens (tertiary/aromatic N) is 3. The number of amides is 1. The van der Waals surface area contributed by atoms with E-state index in [1.807, 2.05) is 0 Å². The SMILES string of the molecule is CC1CCN(C(=O)[C@@H](C)OC(=O)c2nccnc2N)CC1. The van der Waals surface area contributed by atoms with Crippen molar-refractivity contribution < 1.29 is 14.3 Å². The number of carbonyl (C=O) groups is 2. The van der Waals surface area contributed by atoms with Gasteiger partial charge < -0.3 is 15.4 Å². The van der Waals surface area contributed by atoms with Crippen molar-refractivity contribution in [2.45, 2.75) is 32.8 Å². The molecule has 0 radical (unpaired) electrons. The first-order valence-electron chi connectivity index (χ1n) is 7.05. The normalized spacial score (nSPS) is 17.3. The summed E-state index contributed by atoms with van der Waals surface area (Å²) in [6.45, 7) is 5.14. The van der Waals surface area contributed by atoms with E-state index in [2.05, 4.69) is 16.9 Å². The Morgan fingerprint density at radius 2 is 1.95 bits per heavy atom. The van der Waals surface area contributed by atoms with E-state index in [-0.39, 0.29) is 17.4 Å². The van der Waals surface area contributed by atoms with Gasteiger partial charge in [0.2, 0.25) is 0 Å². The molecule has 0 spiro atoms. The van der Waals surface area contributed by atoms with E-state index in [0.717, 1.165) is 12.8 Å². The summed E-state index contributed by atoms with van der Waals surface area (Å²) in [6.07, 6.45) is 3.83. The van der Waals surface area contributed by atoms with Crippen molar-refractivity contribution in [2.75, 3.05) is 18.8 Å². The van der Waals surface area contributed by atoms with Gasteiger partial charge in [-0.2, -0.15) is 0 Å². The highest BCUT2D eigenvalue weighted by atomic mass is 16.5. The van der Waals surface area contributed by atoms with Crippen LogP contribution < -0.4 is 5.73 Å². The topological polar surface area (TPSA) is 98.4 Å². The van der Waals surface area contributed by atoms with Crippen molar-refractivity contribution in [3.63, 3.8) is 0 Å². The first kappa shape index (κ1) is 15.2. The summed E-state index contributed by atoms with van der Waals surface area (Å²) in [5, 5.41) is 0. The first-order chi connectivity index (χ1) is 9.99. The number of anilines is 1. The van der Waals surface area contributed by atoms with Gasteiger partial charge in [0.1, 0.15) is 0 Å². The summed E-state index contributed by atoms with van der Waals surface area (Å²) in [6, 6.07) is 0. The van der Waals surface area contributed by atoms with E-state index >= 15 is 0 Å². The van der Waals surface area contributed by atoms with Gasteiger partial charge in [-0.3, -0.25) is 4.79 Å². The summed E-state index contributed by atoms with van der Waals surface area (Å²) < 4.78 is 5.15. The predicted octanol–water partition coefficient (Wildman–Crippen LogP) is 0.863. The molecule has 1 amide bonds. The molecule has 0 aliphatic carbocycles. The van der Waals surface area contributed by atoms with Crippen LogP contribution in [0.15, 0.2) is 12.4 Å². The zero-order chi connectivity index (χ0) is 15.4. The molecule has 0 aromatic carbocycles. The summed E-state index contributed by atoms with van der Waals surface area (Å²) in [7, 11) is 0. The monoisotopic (exact) mass is 292 g/mol. The molecule has 0 saturated carbocycles. The third-order valence-corrected chi connectivity index (χ3v) is 3.65. The van der Waals surface area contributed by atoms with Gasteiger partial charge in [0.25, 0.3) is 5.91 Å². The van der Waals surface area contributed by atoms with Crippen molar-refractivity contribution in [2.24, 2.45) is 5.92 Å². The first-order valence-corrected chi connectivity index (χ1v) is 7.05. The highest BCUT2D eigenvalue weighted by Crippen LogP contribution is 2.17. The number of hydrogen-bond acceptors (Lipinski definition) is 6. The van der Waals surface area contributed by atoms with Crippen molar-refractivity contribution in [3.05, 3.63) is 18.1 Å². The largest absolute Gasteiger partial charge is 0.448 e. The summed E-state index contributed by atoms with van der Waals surface area (Å²) in [5.74, 6) is -0.287. The smallest absolute Gasteiger partial charge is 0.361 e. The molecule has 114 valence electrons. The number of ether oxygens (including phenoxy) is 1. The molecule has 0 bridgehead atoms. The third kappa shape index (κ3) is 3.68. The van der Waals surface area contributed by atoms with Crippen molar-refractivity contribution in [1.82, 2.24) is 14.9 Å². The summed E-state index contributed by atoms with van der Waals surface area (Å²) in [4.78, 5) is 33.5. The lowest BCUT2D eigenvalue weighted by molar-refractivity contribution is -0.141. The number of rotatable bonds is 3. The Hall–Kier alpha value is -2.18. The minimum absolute atomic E-state index is 0.00561. The lowest BCUT2D eigenvalue weighted by atomic mass is 9.99. The quantitative estimate of drug-likeness (QED) is 0.830. The number of esters is 1. The van der Waals surface area contributed by atoms with E-state index in [9.17, 15) is 9.59 Å². The Morgan fingerprint density at radius 3 is 2.57 bits per heavy atom. The Labute approximate surface area is 123 Å². The maximum Gasteiger partial charge on any atom is 0.361 e. The second-order valence-corrected chi connectivity index (χ2v) is 5.35. The average molecular weight is 292 g/mol. The molecule has 2 rings (SSSR count). The van der Waals surface area contributed by atoms with Crippen LogP contribution in [-0.4, -0.2) is 45.9 Å². The molecule has 2 N–H and O–H groups in total. The zero-order valence-electron chi connectivity index (χ0n) is 12.3. The number of carbonyl (C=O) groups excluding carboxylic acids is 2.